The Hall–Kier alpha value is -7.07. The molecule has 2 unspecified atom stereocenters. The van der Waals surface area contributed by atoms with Crippen LogP contribution in [0.2, 0.25) is 0 Å². The molecule has 4 N–H and O–H groups in total. The molecule has 0 bridgehead atoms. The minimum Gasteiger partial charge on any atom is -0.505 e. The zero-order valence-electron chi connectivity index (χ0n) is 34.9. The predicted octanol–water partition coefficient (Wildman–Crippen LogP) is 12.7. The number of hydrogen-bond donors (Lipinski definition) is 4. The molecule has 2 atom stereocenters. The van der Waals surface area contributed by atoms with E-state index in [1.165, 1.54) is 23.3 Å². The number of fused-ring (bicyclic) bond motifs is 2. The van der Waals surface area contributed by atoms with E-state index in [2.05, 4.69) is 101 Å². The summed E-state index contributed by atoms with van der Waals surface area (Å²) >= 11 is 0. The number of rotatable bonds is 14. The Balaban J connectivity index is 0.000000205. The van der Waals surface area contributed by atoms with Crippen LogP contribution in [-0.4, -0.2) is 31.8 Å². The zero-order chi connectivity index (χ0) is 43.3. The smallest absolute Gasteiger partial charge is 0.387 e. The molecule has 10 heteroatoms. The fourth-order valence-corrected chi connectivity index (χ4v) is 6.76. The second-order valence-electron chi connectivity index (χ2n) is 14.9. The van der Waals surface area contributed by atoms with Gasteiger partial charge in [-0.1, -0.05) is 123 Å². The van der Waals surface area contributed by atoms with Crippen molar-refractivity contribution in [1.29, 1.82) is 0 Å². The topological polar surface area (TPSA) is 112 Å². The van der Waals surface area contributed by atoms with Gasteiger partial charge in [0.2, 0.25) is 0 Å². The van der Waals surface area contributed by atoms with Gasteiger partial charge in [0.1, 0.15) is 34.1 Å². The van der Waals surface area contributed by atoms with E-state index >= 15 is 0 Å². The van der Waals surface area contributed by atoms with E-state index < -0.39 is 12.7 Å². The summed E-state index contributed by atoms with van der Waals surface area (Å²) in [6, 6.07) is 34.9. The first-order chi connectivity index (χ1) is 29.5. The van der Waals surface area contributed by atoms with Crippen molar-refractivity contribution < 1.29 is 23.7 Å². The number of halogens is 2. The third-order valence-electron chi connectivity index (χ3n) is 10.3. The molecule has 0 saturated heterocycles. The van der Waals surface area contributed by atoms with E-state index in [1.54, 1.807) is 48.9 Å². The van der Waals surface area contributed by atoms with Gasteiger partial charge < -0.3 is 25.6 Å². The second-order valence-corrected chi connectivity index (χ2v) is 14.9. The summed E-state index contributed by atoms with van der Waals surface area (Å²) in [7, 11) is 0. The number of phenolic OH excluding ortho intramolecular Hbond substituents is 2. The number of hydrogen-bond acceptors (Lipinski definition) is 8. The van der Waals surface area contributed by atoms with Crippen molar-refractivity contribution in [2.45, 2.75) is 65.7 Å². The van der Waals surface area contributed by atoms with Crippen molar-refractivity contribution in [3.8, 4) is 17.2 Å². The molecule has 0 fully saturated rings. The number of aromatic nitrogens is 3. The van der Waals surface area contributed by atoms with Gasteiger partial charge in [-0.2, -0.15) is 8.78 Å². The maximum atomic E-state index is 12.5. The lowest BCUT2D eigenvalue weighted by atomic mass is 9.93. The van der Waals surface area contributed by atoms with Crippen LogP contribution in [0, 0.1) is 0 Å². The number of nitrogens with zero attached hydrogens (tertiary/aromatic N) is 3. The molecule has 0 saturated carbocycles. The Kier molecular flexibility index (Phi) is 14.8. The number of allylic oxidation sites excluding steroid dienone is 6. The van der Waals surface area contributed by atoms with Crippen LogP contribution in [0.1, 0.15) is 86.9 Å². The Morgan fingerprint density at radius 3 is 1.74 bits per heavy atom. The number of aromatic hydroxyl groups is 2. The van der Waals surface area contributed by atoms with E-state index in [0.29, 0.717) is 28.3 Å². The van der Waals surface area contributed by atoms with Gasteiger partial charge >= 0.3 is 6.61 Å². The van der Waals surface area contributed by atoms with Crippen LogP contribution >= 0.6 is 0 Å². The summed E-state index contributed by atoms with van der Waals surface area (Å²) in [5.41, 5.74) is 8.00. The first-order valence-electron chi connectivity index (χ1n) is 20.2. The monoisotopic (exact) mass is 819 g/mol. The first-order valence-corrected chi connectivity index (χ1v) is 20.2. The number of pyridine rings is 3. The summed E-state index contributed by atoms with van der Waals surface area (Å²) in [6.45, 7) is 7.83. The molecular formula is C51H51F2N5O3. The molecule has 0 radical (unpaired) electrons. The van der Waals surface area contributed by atoms with Crippen LogP contribution in [0.3, 0.4) is 0 Å². The summed E-state index contributed by atoms with van der Waals surface area (Å²) < 4.78 is 29.3. The molecule has 0 spiro atoms. The fraction of sp³-hybridized carbons (Fsp3) is 0.196. The van der Waals surface area contributed by atoms with Crippen LogP contribution in [0.5, 0.6) is 17.2 Å². The van der Waals surface area contributed by atoms with Gasteiger partial charge in [0.05, 0.1) is 12.1 Å². The highest BCUT2D eigenvalue weighted by Gasteiger charge is 2.22. The minimum atomic E-state index is -2.89. The number of anilines is 1. The molecular weight excluding hydrogens is 769 g/mol. The van der Waals surface area contributed by atoms with Crippen LogP contribution in [0.15, 0.2) is 169 Å². The van der Waals surface area contributed by atoms with E-state index in [-0.39, 0.29) is 23.3 Å². The van der Waals surface area contributed by atoms with Crippen molar-refractivity contribution in [3.05, 3.63) is 197 Å². The van der Waals surface area contributed by atoms with E-state index in [1.807, 2.05) is 61.5 Å². The first kappa shape index (κ1) is 43.5. The minimum absolute atomic E-state index is 0.0458. The van der Waals surface area contributed by atoms with E-state index in [0.717, 1.165) is 39.6 Å². The molecule has 4 aromatic carbocycles. The maximum absolute atomic E-state index is 12.5. The Morgan fingerprint density at radius 2 is 1.18 bits per heavy atom. The summed E-state index contributed by atoms with van der Waals surface area (Å²) in [4.78, 5) is 13.0. The lowest BCUT2D eigenvalue weighted by Crippen LogP contribution is -2.21. The number of alkyl halides is 2. The van der Waals surface area contributed by atoms with Crippen molar-refractivity contribution in [2.75, 3.05) is 5.32 Å². The van der Waals surface area contributed by atoms with Gasteiger partial charge in [-0.15, -0.1) is 0 Å². The molecule has 3 heterocycles. The Bertz CT molecular complexity index is 2610. The molecule has 8 nitrogen and oxygen atoms in total. The molecule has 0 aliphatic rings. The third-order valence-corrected chi connectivity index (χ3v) is 10.3. The third kappa shape index (κ3) is 11.4. The largest absolute Gasteiger partial charge is 0.505 e. The van der Waals surface area contributed by atoms with Crippen molar-refractivity contribution in [1.82, 2.24) is 20.3 Å². The van der Waals surface area contributed by atoms with Gasteiger partial charge in [-0.05, 0) is 85.4 Å². The second kappa shape index (κ2) is 20.8. The summed E-state index contributed by atoms with van der Waals surface area (Å²) in [6.07, 6.45) is 14.3. The Labute approximate surface area is 356 Å². The lowest BCUT2D eigenvalue weighted by molar-refractivity contribution is -0.0498. The number of ether oxygens (including phenoxy) is 1. The SMILES string of the molecule is CC/C(C)=C/C=C\C=C(/C)NC(c1ccc(C(C)C)cc1)c1ccc2cccnc2c1O.Oc1c(C(Nc2ccccn2)c2ccc(OC(F)F)cc2)ccc2cccnc12. The average molecular weight is 820 g/mol. The van der Waals surface area contributed by atoms with E-state index in [4.69, 9.17) is 0 Å². The van der Waals surface area contributed by atoms with Crippen molar-refractivity contribution >= 4 is 27.6 Å². The number of benzene rings is 4. The molecule has 61 heavy (non-hydrogen) atoms. The van der Waals surface area contributed by atoms with Crippen LogP contribution in [0.25, 0.3) is 21.8 Å². The normalized spacial score (nSPS) is 13.0. The van der Waals surface area contributed by atoms with Gasteiger partial charge in [0.15, 0.2) is 0 Å². The van der Waals surface area contributed by atoms with E-state index in [9.17, 15) is 19.0 Å². The quantitative estimate of drug-likeness (QED) is 0.0803. The summed E-state index contributed by atoms with van der Waals surface area (Å²) in [5, 5.41) is 30.6. The number of nitrogens with one attached hydrogen (secondary N) is 2. The zero-order valence-corrected chi connectivity index (χ0v) is 34.9. The highest BCUT2D eigenvalue weighted by Crippen LogP contribution is 2.38. The van der Waals surface area contributed by atoms with Crippen LogP contribution in [-0.2, 0) is 0 Å². The molecule has 7 rings (SSSR count). The maximum Gasteiger partial charge on any atom is 0.387 e. The molecule has 0 amide bonds. The molecule has 0 aliphatic heterocycles. The number of phenols is 2. The predicted molar refractivity (Wildman–Crippen MR) is 242 cm³/mol. The average Bonchev–Trinajstić information content (AvgIpc) is 3.27. The van der Waals surface area contributed by atoms with Gasteiger partial charge in [-0.25, -0.2) is 4.98 Å². The van der Waals surface area contributed by atoms with Crippen molar-refractivity contribution in [3.63, 3.8) is 0 Å². The Morgan fingerprint density at radius 1 is 0.639 bits per heavy atom. The highest BCUT2D eigenvalue weighted by molar-refractivity contribution is 5.86. The van der Waals surface area contributed by atoms with Crippen LogP contribution in [0.4, 0.5) is 14.6 Å². The molecule has 7 aromatic rings. The van der Waals surface area contributed by atoms with Crippen molar-refractivity contribution in [2.24, 2.45) is 0 Å². The highest BCUT2D eigenvalue weighted by atomic mass is 19.3. The summed E-state index contributed by atoms with van der Waals surface area (Å²) in [5.74, 6) is 1.40. The van der Waals surface area contributed by atoms with Gasteiger partial charge in [0, 0.05) is 46.2 Å². The molecule has 3 aromatic heterocycles. The molecule has 0 aliphatic carbocycles. The lowest BCUT2D eigenvalue weighted by Gasteiger charge is -2.23. The van der Waals surface area contributed by atoms with Crippen LogP contribution < -0.4 is 15.4 Å². The fourth-order valence-electron chi connectivity index (χ4n) is 6.76. The molecule has 312 valence electrons. The standard InChI is InChI=1S/C29H34N2O.C22H17F2N3O2/c1-6-21(4)10-7-8-11-22(5)31-27(25-15-13-23(14-16-25)20(2)3)26-18-17-24-12-9-19-30-28(24)29(26)32;23-22(24)29-16-9-6-15(7-10-16)19(27-18-5-1-2-12-25-18)17-11-8-14-4-3-13-26-20(14)21(17)28/h7-20,27,31-32H,6H2,1-5H3;1-13,19,22,28H,(H,25,27)/b8-7-,21-10+,22-11+;. The van der Waals surface area contributed by atoms with Gasteiger partial charge in [0.25, 0.3) is 0 Å². The van der Waals surface area contributed by atoms with Gasteiger partial charge in [-0.3, -0.25) is 9.97 Å².